The number of rotatable bonds is 8. The summed E-state index contributed by atoms with van der Waals surface area (Å²) in [4.78, 5) is 26.5. The van der Waals surface area contributed by atoms with E-state index in [4.69, 9.17) is 20.8 Å². The normalized spacial score (nSPS) is 16.3. The maximum Gasteiger partial charge on any atom is 0.417 e. The average Bonchev–Trinajstić information content (AvgIpc) is 3.40. The number of halogens is 4. The van der Waals surface area contributed by atoms with Gasteiger partial charge in [0, 0.05) is 18.7 Å². The number of nitrogens with one attached hydrogen (secondary N) is 1. The molecule has 2 amide bonds. The van der Waals surface area contributed by atoms with E-state index in [2.05, 4.69) is 5.32 Å². The second kappa shape index (κ2) is 10.2. The summed E-state index contributed by atoms with van der Waals surface area (Å²) in [6.45, 7) is 0.409. The first kappa shape index (κ1) is 23.1. The SMILES string of the molecule is O=C(CN(Cc1ccco1)C(=O)CCC1CCCO1)Nc1ccc(Cl)c(C(F)(F)F)c1. The molecule has 31 heavy (non-hydrogen) atoms. The minimum Gasteiger partial charge on any atom is -0.467 e. The highest BCUT2D eigenvalue weighted by molar-refractivity contribution is 6.31. The molecular formula is C21H22ClF3N2O4. The molecular weight excluding hydrogens is 437 g/mol. The molecule has 1 aromatic carbocycles. The van der Waals surface area contributed by atoms with Crippen molar-refractivity contribution in [2.24, 2.45) is 0 Å². The molecule has 168 valence electrons. The summed E-state index contributed by atoms with van der Waals surface area (Å²) < 4.78 is 49.9. The van der Waals surface area contributed by atoms with Crippen LogP contribution in [-0.4, -0.2) is 36.0 Å². The molecule has 0 bridgehead atoms. The Morgan fingerprint density at radius 1 is 1.26 bits per heavy atom. The number of alkyl halides is 3. The van der Waals surface area contributed by atoms with Crippen LogP contribution in [0.5, 0.6) is 0 Å². The van der Waals surface area contributed by atoms with E-state index >= 15 is 0 Å². The predicted octanol–water partition coefficient (Wildman–Crippen LogP) is 4.88. The molecule has 1 unspecified atom stereocenters. The number of ether oxygens (including phenoxy) is 1. The monoisotopic (exact) mass is 458 g/mol. The molecule has 1 aliphatic heterocycles. The van der Waals surface area contributed by atoms with Crippen LogP contribution >= 0.6 is 11.6 Å². The summed E-state index contributed by atoms with van der Waals surface area (Å²) >= 11 is 5.61. The summed E-state index contributed by atoms with van der Waals surface area (Å²) in [5.41, 5.74) is -1.11. The van der Waals surface area contributed by atoms with Gasteiger partial charge in [0.25, 0.3) is 0 Å². The van der Waals surface area contributed by atoms with Crippen molar-refractivity contribution in [3.05, 3.63) is 52.9 Å². The van der Waals surface area contributed by atoms with E-state index in [-0.39, 0.29) is 37.2 Å². The molecule has 0 aliphatic carbocycles. The number of carbonyl (C=O) groups is 2. The number of benzene rings is 1. The second-order valence-corrected chi connectivity index (χ2v) is 7.65. The molecule has 1 aromatic heterocycles. The summed E-state index contributed by atoms with van der Waals surface area (Å²) in [5.74, 6) is -0.411. The Labute approximate surface area is 182 Å². The standard InChI is InChI=1S/C21H22ClF3N2O4/c22-18-7-5-14(11-17(18)21(23,24)25)26-19(28)13-27(12-16-4-2-10-31-16)20(29)8-6-15-3-1-9-30-15/h2,4-5,7,10-11,15H,1,3,6,8-9,12-13H2,(H,26,28). The summed E-state index contributed by atoms with van der Waals surface area (Å²) in [6, 6.07) is 6.43. The van der Waals surface area contributed by atoms with Gasteiger partial charge in [0.1, 0.15) is 12.3 Å². The van der Waals surface area contributed by atoms with Gasteiger partial charge in [-0.05, 0) is 49.6 Å². The molecule has 10 heteroatoms. The zero-order chi connectivity index (χ0) is 22.4. The van der Waals surface area contributed by atoms with Crippen LogP contribution in [0.25, 0.3) is 0 Å². The van der Waals surface area contributed by atoms with Crippen LogP contribution in [0.2, 0.25) is 5.02 Å². The van der Waals surface area contributed by atoms with Crippen molar-refractivity contribution in [2.45, 2.75) is 44.5 Å². The third kappa shape index (κ3) is 6.73. The van der Waals surface area contributed by atoms with Gasteiger partial charge in [-0.15, -0.1) is 0 Å². The van der Waals surface area contributed by atoms with Crippen LogP contribution in [0.4, 0.5) is 18.9 Å². The lowest BCUT2D eigenvalue weighted by Crippen LogP contribution is -2.37. The summed E-state index contributed by atoms with van der Waals surface area (Å²) in [7, 11) is 0. The highest BCUT2D eigenvalue weighted by Crippen LogP contribution is 2.36. The van der Waals surface area contributed by atoms with Crippen molar-refractivity contribution < 1.29 is 31.9 Å². The van der Waals surface area contributed by atoms with Crippen molar-refractivity contribution in [3.63, 3.8) is 0 Å². The Hall–Kier alpha value is -2.52. The highest BCUT2D eigenvalue weighted by atomic mass is 35.5. The summed E-state index contributed by atoms with van der Waals surface area (Å²) in [6.07, 6.45) is -0.585. The number of furan rings is 1. The number of hydrogen-bond acceptors (Lipinski definition) is 4. The van der Waals surface area contributed by atoms with E-state index in [1.807, 2.05) is 0 Å². The molecule has 0 radical (unpaired) electrons. The summed E-state index contributed by atoms with van der Waals surface area (Å²) in [5, 5.41) is 1.93. The minimum absolute atomic E-state index is 0.0260. The number of nitrogens with zero attached hydrogens (tertiary/aromatic N) is 1. The molecule has 6 nitrogen and oxygen atoms in total. The van der Waals surface area contributed by atoms with E-state index in [0.717, 1.165) is 25.0 Å². The Bertz CT molecular complexity index is 897. The molecule has 1 aliphatic rings. The first-order valence-corrected chi connectivity index (χ1v) is 10.2. The van der Waals surface area contributed by atoms with Crippen LogP contribution in [0.15, 0.2) is 41.0 Å². The van der Waals surface area contributed by atoms with Crippen molar-refractivity contribution in [1.29, 1.82) is 0 Å². The predicted molar refractivity (Wildman–Crippen MR) is 107 cm³/mol. The topological polar surface area (TPSA) is 71.8 Å². The quantitative estimate of drug-likeness (QED) is 0.612. The lowest BCUT2D eigenvalue weighted by atomic mass is 10.1. The first-order chi connectivity index (χ1) is 14.7. The molecule has 0 saturated carbocycles. The molecule has 0 spiro atoms. The van der Waals surface area contributed by atoms with Crippen LogP contribution in [0.1, 0.15) is 37.0 Å². The lowest BCUT2D eigenvalue weighted by Gasteiger charge is -2.22. The van der Waals surface area contributed by atoms with Crippen molar-refractivity contribution in [1.82, 2.24) is 4.90 Å². The van der Waals surface area contributed by atoms with Crippen molar-refractivity contribution >= 4 is 29.1 Å². The van der Waals surface area contributed by atoms with Gasteiger partial charge < -0.3 is 19.4 Å². The Kier molecular flexibility index (Phi) is 7.61. The Morgan fingerprint density at radius 2 is 2.06 bits per heavy atom. The highest BCUT2D eigenvalue weighted by Gasteiger charge is 2.33. The average molecular weight is 459 g/mol. The largest absolute Gasteiger partial charge is 0.467 e. The first-order valence-electron chi connectivity index (χ1n) is 9.80. The molecule has 3 rings (SSSR count). The number of hydrogen-bond donors (Lipinski definition) is 1. The van der Waals surface area contributed by atoms with E-state index < -0.39 is 22.7 Å². The molecule has 2 aromatic rings. The molecule has 1 atom stereocenters. The second-order valence-electron chi connectivity index (χ2n) is 7.24. The van der Waals surface area contributed by atoms with Gasteiger partial charge in [-0.2, -0.15) is 13.2 Å². The number of amides is 2. The smallest absolute Gasteiger partial charge is 0.417 e. The number of carbonyl (C=O) groups excluding carboxylic acids is 2. The van der Waals surface area contributed by atoms with Gasteiger partial charge >= 0.3 is 6.18 Å². The fourth-order valence-corrected chi connectivity index (χ4v) is 3.56. The molecule has 1 saturated heterocycles. The fourth-order valence-electron chi connectivity index (χ4n) is 3.33. The maximum absolute atomic E-state index is 13.0. The molecule has 1 N–H and O–H groups in total. The van der Waals surface area contributed by atoms with Crippen LogP contribution < -0.4 is 5.32 Å². The van der Waals surface area contributed by atoms with Gasteiger partial charge in [-0.1, -0.05) is 11.6 Å². The Morgan fingerprint density at radius 3 is 2.71 bits per heavy atom. The van der Waals surface area contributed by atoms with Gasteiger partial charge in [0.15, 0.2) is 0 Å². The van der Waals surface area contributed by atoms with Gasteiger partial charge in [-0.3, -0.25) is 9.59 Å². The van der Waals surface area contributed by atoms with E-state index in [0.29, 0.717) is 18.8 Å². The third-order valence-corrected chi connectivity index (χ3v) is 5.20. The third-order valence-electron chi connectivity index (χ3n) is 4.87. The van der Waals surface area contributed by atoms with E-state index in [1.165, 1.54) is 17.2 Å². The Balaban J connectivity index is 1.65. The molecule has 2 heterocycles. The van der Waals surface area contributed by atoms with Crippen molar-refractivity contribution in [3.8, 4) is 0 Å². The minimum atomic E-state index is -4.65. The van der Waals surface area contributed by atoms with Crippen LogP contribution in [0.3, 0.4) is 0 Å². The van der Waals surface area contributed by atoms with E-state index in [1.54, 1.807) is 12.1 Å². The lowest BCUT2D eigenvalue weighted by molar-refractivity contribution is -0.137. The fraction of sp³-hybridized carbons (Fsp3) is 0.429. The zero-order valence-corrected chi connectivity index (χ0v) is 17.3. The van der Waals surface area contributed by atoms with Gasteiger partial charge in [0.05, 0.1) is 29.5 Å². The maximum atomic E-state index is 13.0. The molecule has 1 fully saturated rings. The van der Waals surface area contributed by atoms with E-state index in [9.17, 15) is 22.8 Å². The zero-order valence-electron chi connectivity index (χ0n) is 16.6. The van der Waals surface area contributed by atoms with Gasteiger partial charge in [-0.25, -0.2) is 0 Å². The van der Waals surface area contributed by atoms with Crippen LogP contribution in [0, 0.1) is 0 Å². The van der Waals surface area contributed by atoms with Crippen molar-refractivity contribution in [2.75, 3.05) is 18.5 Å². The van der Waals surface area contributed by atoms with Crippen LogP contribution in [-0.2, 0) is 27.0 Å². The number of anilines is 1. The van der Waals surface area contributed by atoms with Gasteiger partial charge in [0.2, 0.25) is 11.8 Å².